The minimum absolute atomic E-state index is 0.00524. The Morgan fingerprint density at radius 1 is 0.915 bits per heavy atom. The number of ketones is 2. The summed E-state index contributed by atoms with van der Waals surface area (Å²) in [5.41, 5.74) is 2.27. The zero-order valence-corrected chi connectivity index (χ0v) is 33.1. The summed E-state index contributed by atoms with van der Waals surface area (Å²) >= 11 is 0. The molecule has 1 aliphatic heterocycles. The lowest BCUT2D eigenvalue weighted by molar-refractivity contribution is -0.132. The van der Waals surface area contributed by atoms with E-state index < -0.39 is 53.3 Å². The molecule has 1 saturated heterocycles. The lowest BCUT2D eigenvalue weighted by atomic mass is 9.86. The van der Waals surface area contributed by atoms with Crippen LogP contribution >= 0.6 is 0 Å². The fourth-order valence-corrected chi connectivity index (χ4v) is 6.51. The molecule has 2 aliphatic rings. The quantitative estimate of drug-likeness (QED) is 0.108. The van der Waals surface area contributed by atoms with Crippen LogP contribution in [0.4, 0.5) is 25.4 Å². The number of benzene rings is 3. The van der Waals surface area contributed by atoms with Gasteiger partial charge in [-0.2, -0.15) is 0 Å². The van der Waals surface area contributed by atoms with Crippen LogP contribution in [0.15, 0.2) is 78.4 Å². The molecule has 0 bridgehead atoms. The molecule has 3 aromatic rings. The molecule has 59 heavy (non-hydrogen) atoms. The first kappa shape index (κ1) is 45.1. The molecule has 3 atom stereocenters. The first-order valence-electron chi connectivity index (χ1n) is 18.8. The van der Waals surface area contributed by atoms with Crippen LogP contribution in [0.3, 0.4) is 0 Å². The number of piperazine rings is 1. The Bertz CT molecular complexity index is 2030. The van der Waals surface area contributed by atoms with Crippen LogP contribution in [0.25, 0.3) is 0 Å². The monoisotopic (exact) mass is 817 g/mol. The average Bonchev–Trinajstić information content (AvgIpc) is 3.22. The Balaban J connectivity index is 0.00000248. The van der Waals surface area contributed by atoms with E-state index in [-0.39, 0.29) is 68.1 Å². The summed E-state index contributed by atoms with van der Waals surface area (Å²) in [6.07, 6.45) is -0.0384. The Hall–Kier alpha value is -6.62. The highest BCUT2D eigenvalue weighted by Crippen LogP contribution is 2.34. The van der Waals surface area contributed by atoms with Crippen molar-refractivity contribution < 1.29 is 57.6 Å². The van der Waals surface area contributed by atoms with E-state index >= 15 is 4.39 Å². The van der Waals surface area contributed by atoms with Gasteiger partial charge in [0.15, 0.2) is 5.78 Å². The molecular formula is C42H48FN5O11. The minimum atomic E-state index is -1.38. The van der Waals surface area contributed by atoms with Gasteiger partial charge in [0.2, 0.25) is 11.7 Å². The number of anilines is 2. The summed E-state index contributed by atoms with van der Waals surface area (Å²) in [7, 11) is 1.62. The third-order valence-corrected chi connectivity index (χ3v) is 9.73. The van der Waals surface area contributed by atoms with Crippen molar-refractivity contribution in [2.45, 2.75) is 52.5 Å². The summed E-state index contributed by atoms with van der Waals surface area (Å²) in [5, 5.41) is 24.7. The van der Waals surface area contributed by atoms with Gasteiger partial charge in [-0.1, -0.05) is 63.2 Å². The largest absolute Gasteiger partial charge is 0.483 e. The second-order valence-corrected chi connectivity index (χ2v) is 14.2. The third-order valence-electron chi connectivity index (χ3n) is 9.73. The maximum atomic E-state index is 15.3. The van der Waals surface area contributed by atoms with Crippen molar-refractivity contribution in [2.75, 3.05) is 43.4 Å². The van der Waals surface area contributed by atoms with E-state index in [2.05, 4.69) is 16.0 Å². The predicted octanol–water partition coefficient (Wildman–Crippen LogP) is 4.94. The van der Waals surface area contributed by atoms with Crippen molar-refractivity contribution in [1.82, 2.24) is 15.5 Å². The lowest BCUT2D eigenvalue weighted by Gasteiger charge is -2.36. The number of hydrogen-bond donors (Lipinski definition) is 5. The number of alkyl carbamates (subject to hydrolysis) is 1. The van der Waals surface area contributed by atoms with Gasteiger partial charge in [0.25, 0.3) is 6.47 Å². The SMILES string of the molecule is CNC1C=C(C(=O)O)C(=O)c2cc(F)c(N3CCN(C(=O)OCc4ccc(NC(=O)[C@H](C)CC(=O)[C@@H](NC(=O)OCc5ccccc5)C(C)C)cc4)CC3)cc21.O=CO. The molecule has 0 radical (unpaired) electrons. The van der Waals surface area contributed by atoms with Crippen LogP contribution in [0.1, 0.15) is 60.3 Å². The van der Waals surface area contributed by atoms with Gasteiger partial charge in [0, 0.05) is 49.8 Å². The Morgan fingerprint density at radius 3 is 2.12 bits per heavy atom. The number of carbonyl (C=O) groups is 7. The van der Waals surface area contributed by atoms with Crippen LogP contribution in [0.2, 0.25) is 0 Å². The Morgan fingerprint density at radius 2 is 1.53 bits per heavy atom. The van der Waals surface area contributed by atoms with Crippen molar-refractivity contribution in [3.05, 3.63) is 106 Å². The van der Waals surface area contributed by atoms with Gasteiger partial charge in [-0.05, 0) is 60.0 Å². The molecule has 3 amide bonds. The molecule has 17 heteroatoms. The molecule has 0 aromatic heterocycles. The number of amides is 3. The number of nitrogens with zero attached hydrogens (tertiary/aromatic N) is 2. The summed E-state index contributed by atoms with van der Waals surface area (Å²) in [5.74, 6) is -4.37. The molecule has 5 N–H and O–H groups in total. The lowest BCUT2D eigenvalue weighted by Crippen LogP contribution is -2.49. The topological polar surface area (TPSA) is 221 Å². The average molecular weight is 818 g/mol. The number of halogens is 1. The molecular weight excluding hydrogens is 769 g/mol. The van der Waals surface area contributed by atoms with Gasteiger partial charge in [0.05, 0.1) is 17.8 Å². The van der Waals surface area contributed by atoms with Crippen LogP contribution in [0, 0.1) is 17.7 Å². The third kappa shape index (κ3) is 12.2. The summed E-state index contributed by atoms with van der Waals surface area (Å²) < 4.78 is 26.0. The fraction of sp³-hybridized carbons (Fsp3) is 0.357. The molecule has 0 saturated carbocycles. The maximum absolute atomic E-state index is 15.3. The number of carbonyl (C=O) groups excluding carboxylic acids is 5. The van der Waals surface area contributed by atoms with Crippen molar-refractivity contribution in [3.63, 3.8) is 0 Å². The summed E-state index contributed by atoms with van der Waals surface area (Å²) in [6, 6.07) is 17.1. The number of hydrogen-bond acceptors (Lipinski definition) is 11. The molecule has 1 fully saturated rings. The summed E-state index contributed by atoms with van der Waals surface area (Å²) in [4.78, 5) is 87.2. The molecule has 0 spiro atoms. The Kier molecular flexibility index (Phi) is 16.2. The van der Waals surface area contributed by atoms with Gasteiger partial charge in [-0.3, -0.25) is 19.2 Å². The zero-order chi connectivity index (χ0) is 43.2. The number of aliphatic carboxylic acids is 1. The van der Waals surface area contributed by atoms with Crippen LogP contribution in [-0.4, -0.2) is 96.5 Å². The number of likely N-dealkylation sites (N-methyl/N-ethyl adjacent to an activating group) is 1. The van der Waals surface area contributed by atoms with Crippen LogP contribution in [0.5, 0.6) is 0 Å². The second-order valence-electron chi connectivity index (χ2n) is 14.2. The maximum Gasteiger partial charge on any atom is 0.410 e. The highest BCUT2D eigenvalue weighted by molar-refractivity contribution is 6.25. The molecule has 314 valence electrons. The molecule has 16 nitrogen and oxygen atoms in total. The minimum Gasteiger partial charge on any atom is -0.483 e. The van der Waals surface area contributed by atoms with Crippen molar-refractivity contribution >= 4 is 53.5 Å². The first-order chi connectivity index (χ1) is 28.2. The number of Topliss-reactive ketones (excluding diaryl/α,β-unsaturated/α-hetero) is 2. The van der Waals surface area contributed by atoms with Gasteiger partial charge in [0.1, 0.15) is 24.6 Å². The van der Waals surface area contributed by atoms with E-state index in [1.54, 1.807) is 63.1 Å². The van der Waals surface area contributed by atoms with Crippen molar-refractivity contribution in [1.29, 1.82) is 0 Å². The molecule has 5 rings (SSSR count). The van der Waals surface area contributed by atoms with Gasteiger partial charge in [-0.25, -0.2) is 18.8 Å². The number of rotatable bonds is 14. The summed E-state index contributed by atoms with van der Waals surface area (Å²) in [6.45, 7) is 6.13. The number of ether oxygens (including phenoxy) is 2. The normalized spacial score (nSPS) is 15.7. The van der Waals surface area contributed by atoms with Gasteiger partial charge < -0.3 is 45.4 Å². The van der Waals surface area contributed by atoms with Crippen LogP contribution in [-0.2, 0) is 41.9 Å². The predicted molar refractivity (Wildman–Crippen MR) is 213 cm³/mol. The molecule has 1 unspecified atom stereocenters. The van der Waals surface area contributed by atoms with Gasteiger partial charge >= 0.3 is 18.2 Å². The number of fused-ring (bicyclic) bond motifs is 1. The van der Waals surface area contributed by atoms with Gasteiger partial charge in [-0.15, -0.1) is 0 Å². The van der Waals surface area contributed by atoms with E-state index in [4.69, 9.17) is 19.4 Å². The highest BCUT2D eigenvalue weighted by atomic mass is 19.1. The second kappa shape index (κ2) is 21.2. The standard InChI is InChI=1S/C41H46FN5O9.CH2O2/c1-24(2)36(45-40(53)55-22-26-8-6-5-7-9-26)35(48)18-25(3)38(50)44-28-12-10-27(11-13-28)23-56-41(54)47-16-14-46(15-17-47)34-21-29-30(19-32(34)42)37(49)31(39(51)52)20-33(29)43-4;2-1-3/h5-13,19-21,24-25,33,36,43H,14-18,22-23H2,1-4H3,(H,44,50)(H,45,53)(H,51,52);1H,(H,2,3)/t25-,33?,36+;/m1./s1. The molecule has 1 heterocycles. The number of carboxylic acids is 1. The van der Waals surface area contributed by atoms with E-state index in [0.717, 1.165) is 11.6 Å². The van der Waals surface area contributed by atoms with Crippen molar-refractivity contribution in [2.24, 2.45) is 11.8 Å². The highest BCUT2D eigenvalue weighted by Gasteiger charge is 2.33. The Labute approximate surface area is 340 Å². The molecule has 1 aliphatic carbocycles. The first-order valence-corrected chi connectivity index (χ1v) is 18.8. The number of nitrogens with one attached hydrogen (secondary N) is 3. The molecule has 3 aromatic carbocycles. The fourth-order valence-electron chi connectivity index (χ4n) is 6.51. The van der Waals surface area contributed by atoms with E-state index in [9.17, 15) is 33.9 Å². The number of carboxylic acid groups (broad SMARTS) is 2. The van der Waals surface area contributed by atoms with E-state index in [1.807, 2.05) is 30.3 Å². The zero-order valence-electron chi connectivity index (χ0n) is 33.1. The van der Waals surface area contributed by atoms with E-state index in [1.165, 1.54) is 11.0 Å². The van der Waals surface area contributed by atoms with Crippen molar-refractivity contribution in [3.8, 4) is 0 Å². The van der Waals surface area contributed by atoms with E-state index in [0.29, 0.717) is 29.9 Å². The van der Waals surface area contributed by atoms with Crippen LogP contribution < -0.4 is 20.9 Å². The smallest absolute Gasteiger partial charge is 0.410 e.